The maximum atomic E-state index is 14.2. The smallest absolute Gasteiger partial charge is 0.336 e. The van der Waals surface area contributed by atoms with E-state index in [1.165, 1.54) is 18.2 Å². The number of nitriles is 2. The summed E-state index contributed by atoms with van der Waals surface area (Å²) in [6.07, 6.45) is -9.55. The first-order valence-corrected chi connectivity index (χ1v) is 24.1. The van der Waals surface area contributed by atoms with Crippen molar-refractivity contribution in [1.29, 1.82) is 10.5 Å². The van der Waals surface area contributed by atoms with Crippen molar-refractivity contribution >= 4 is 58.2 Å². The molecular weight excluding hydrogens is 1060 g/mol. The van der Waals surface area contributed by atoms with Crippen LogP contribution in [0.15, 0.2) is 121 Å². The molecule has 2 heterocycles. The Kier molecular flexibility index (Phi) is 17.3. The van der Waals surface area contributed by atoms with Gasteiger partial charge in [0, 0.05) is 74.3 Å². The fraction of sp³-hybridized carbons (Fsp3) is 0.259. The Hall–Kier alpha value is -6.24. The van der Waals surface area contributed by atoms with Gasteiger partial charge in [0.1, 0.15) is 11.6 Å². The number of carbonyl (C=O) groups excluding carboxylic acids is 2. The zero-order valence-electron chi connectivity index (χ0n) is 39.1. The summed E-state index contributed by atoms with van der Waals surface area (Å²) in [6, 6.07) is 32.5. The Morgan fingerprint density at radius 1 is 0.541 bits per heavy atom. The van der Waals surface area contributed by atoms with E-state index in [0.717, 1.165) is 35.4 Å². The molecule has 74 heavy (non-hydrogen) atoms. The molecule has 0 bridgehead atoms. The number of alkyl halides is 6. The first-order chi connectivity index (χ1) is 34.9. The van der Waals surface area contributed by atoms with Gasteiger partial charge < -0.3 is 9.80 Å². The topological polar surface area (TPSA) is 94.7 Å². The molecule has 2 saturated heterocycles. The van der Waals surface area contributed by atoms with E-state index in [0.29, 0.717) is 79.7 Å². The van der Waals surface area contributed by atoms with Gasteiger partial charge in [-0.2, -0.15) is 36.9 Å². The monoisotopic (exact) mass is 1100 g/mol. The molecule has 8 rings (SSSR count). The molecule has 2 aliphatic rings. The lowest BCUT2D eigenvalue weighted by atomic mass is 9.93. The Labute approximate surface area is 441 Å². The number of nitrogens with zero attached hydrogens (tertiary/aromatic N) is 6. The first kappa shape index (κ1) is 55.5. The molecule has 2 aliphatic heterocycles. The van der Waals surface area contributed by atoms with Crippen LogP contribution >= 0.6 is 46.4 Å². The molecule has 6 aromatic rings. The number of hydrogen-bond acceptors (Lipinski definition) is 6. The van der Waals surface area contributed by atoms with E-state index in [-0.39, 0.29) is 48.8 Å². The molecular formula is C54H42Cl4F8N6O2. The highest BCUT2D eigenvalue weighted by Gasteiger charge is 2.41. The number of amides is 2. The molecule has 0 saturated carbocycles. The molecule has 8 nitrogen and oxygen atoms in total. The fourth-order valence-corrected chi connectivity index (χ4v) is 9.91. The lowest BCUT2D eigenvalue weighted by Crippen LogP contribution is -2.38. The van der Waals surface area contributed by atoms with Gasteiger partial charge in [-0.15, -0.1) is 0 Å². The lowest BCUT2D eigenvalue weighted by Gasteiger charge is -2.29. The minimum atomic E-state index is -4.78. The van der Waals surface area contributed by atoms with E-state index in [4.69, 9.17) is 51.7 Å². The summed E-state index contributed by atoms with van der Waals surface area (Å²) in [5.41, 5.74) is 1.41. The van der Waals surface area contributed by atoms with Crippen LogP contribution in [-0.2, 0) is 25.4 Å². The summed E-state index contributed by atoms with van der Waals surface area (Å²) in [5.74, 6) is -3.53. The number of halogens is 12. The molecule has 0 N–H and O–H groups in total. The second-order valence-corrected chi connectivity index (χ2v) is 19.6. The van der Waals surface area contributed by atoms with Crippen LogP contribution < -0.4 is 0 Å². The van der Waals surface area contributed by atoms with Crippen molar-refractivity contribution < 1.29 is 44.7 Å². The minimum Gasteiger partial charge on any atom is -0.336 e. The second-order valence-electron chi connectivity index (χ2n) is 18.0. The summed E-state index contributed by atoms with van der Waals surface area (Å²) in [7, 11) is 3.55. The van der Waals surface area contributed by atoms with Gasteiger partial charge in [0.25, 0.3) is 11.8 Å². The summed E-state index contributed by atoms with van der Waals surface area (Å²) in [6.45, 7) is 1.64. The van der Waals surface area contributed by atoms with Crippen molar-refractivity contribution in [2.75, 3.05) is 40.3 Å². The second kappa shape index (κ2) is 23.1. The van der Waals surface area contributed by atoms with Gasteiger partial charge >= 0.3 is 12.4 Å². The van der Waals surface area contributed by atoms with Crippen LogP contribution in [0.25, 0.3) is 0 Å². The number of benzene rings is 6. The number of likely N-dealkylation sites (N-methyl/N-ethyl adjacent to an activating group) is 2. The van der Waals surface area contributed by atoms with Gasteiger partial charge in [0.15, 0.2) is 0 Å². The van der Waals surface area contributed by atoms with Crippen molar-refractivity contribution in [3.05, 3.63) is 209 Å². The van der Waals surface area contributed by atoms with Gasteiger partial charge in [-0.1, -0.05) is 76.7 Å². The molecule has 0 spiro atoms. The summed E-state index contributed by atoms with van der Waals surface area (Å²) in [4.78, 5) is 33.7. The average Bonchev–Trinajstić information content (AvgIpc) is 4.02. The molecule has 384 valence electrons. The van der Waals surface area contributed by atoms with Crippen LogP contribution in [-0.4, -0.2) is 83.8 Å². The van der Waals surface area contributed by atoms with Crippen LogP contribution in [0, 0.1) is 34.3 Å². The van der Waals surface area contributed by atoms with E-state index in [9.17, 15) is 50.0 Å². The third kappa shape index (κ3) is 13.0. The summed E-state index contributed by atoms with van der Waals surface area (Å²) < 4.78 is 106. The number of carbonyl (C=O) groups is 2. The molecule has 0 aromatic heterocycles. The standard InChI is InChI=1S/2C27H21Cl2F4N3O/c1-35(13-17-4-8-21(24(30)10-17)27(31,32)33)25-15-36(26(37)18-5-2-16(12-34)3-6-18)14-20(25)19-7-9-22(28)23(29)11-19;1-35(13-17-5-7-21(24(30)10-17)27(31,32)33)25-15-36(26(37)19-4-2-3-16(9-19)12-34)14-20(25)18-6-8-22(28)23(29)11-18/h2*2-11,20,25H,13-15H2,1H3. The highest BCUT2D eigenvalue weighted by atomic mass is 35.5. The Morgan fingerprint density at radius 2 is 0.973 bits per heavy atom. The average molecular weight is 1100 g/mol. The number of hydrogen-bond donors (Lipinski definition) is 0. The molecule has 2 fully saturated rings. The molecule has 0 aliphatic carbocycles. The van der Waals surface area contributed by atoms with Gasteiger partial charge in [-0.3, -0.25) is 19.4 Å². The van der Waals surface area contributed by atoms with Crippen molar-refractivity contribution in [3.8, 4) is 12.1 Å². The predicted molar refractivity (Wildman–Crippen MR) is 266 cm³/mol. The number of rotatable bonds is 10. The van der Waals surface area contributed by atoms with Gasteiger partial charge in [-0.05, 0) is 127 Å². The third-order valence-corrected chi connectivity index (χ3v) is 14.5. The highest BCUT2D eigenvalue weighted by molar-refractivity contribution is 6.42. The Bertz CT molecular complexity index is 3140. The van der Waals surface area contributed by atoms with Gasteiger partial charge in [0.05, 0.1) is 54.5 Å². The Balaban J connectivity index is 0.000000216. The van der Waals surface area contributed by atoms with Crippen molar-refractivity contribution in [2.24, 2.45) is 0 Å². The maximum Gasteiger partial charge on any atom is 0.419 e. The van der Waals surface area contributed by atoms with Crippen molar-refractivity contribution in [1.82, 2.24) is 19.6 Å². The van der Waals surface area contributed by atoms with Crippen LogP contribution in [0.2, 0.25) is 20.1 Å². The SMILES string of the molecule is CN(Cc1ccc(C(F)(F)F)c(F)c1)C1CN(C(=O)c2ccc(C#N)cc2)CC1c1ccc(Cl)c(Cl)c1.CN(Cc1ccc(C(F)(F)F)c(F)c1)C1CN(C(=O)c2cccc(C#N)c2)CC1c1ccc(Cl)c(Cl)c1. The molecule has 4 atom stereocenters. The van der Waals surface area contributed by atoms with E-state index < -0.39 is 35.1 Å². The maximum absolute atomic E-state index is 14.2. The molecule has 6 aromatic carbocycles. The van der Waals surface area contributed by atoms with Crippen molar-refractivity contribution in [3.63, 3.8) is 0 Å². The molecule has 20 heteroatoms. The van der Waals surface area contributed by atoms with Crippen molar-refractivity contribution in [2.45, 2.75) is 49.4 Å². The predicted octanol–water partition coefficient (Wildman–Crippen LogP) is 13.5. The molecule has 0 radical (unpaired) electrons. The Morgan fingerprint density at radius 3 is 1.36 bits per heavy atom. The molecule has 4 unspecified atom stereocenters. The quantitative estimate of drug-likeness (QED) is 0.127. The third-order valence-electron chi connectivity index (χ3n) is 13.1. The lowest BCUT2D eigenvalue weighted by molar-refractivity contribution is -0.140. The zero-order valence-corrected chi connectivity index (χ0v) is 42.2. The molecule has 2 amide bonds. The van der Waals surface area contributed by atoms with Gasteiger partial charge in [-0.25, -0.2) is 8.78 Å². The van der Waals surface area contributed by atoms with Crippen LogP contribution in [0.4, 0.5) is 35.1 Å². The summed E-state index contributed by atoms with van der Waals surface area (Å²) >= 11 is 24.7. The zero-order chi connectivity index (χ0) is 53.8. The minimum absolute atomic E-state index is 0.156. The number of likely N-dealkylation sites (tertiary alicyclic amines) is 2. The van der Waals surface area contributed by atoms with Crippen LogP contribution in [0.1, 0.15) is 77.1 Å². The van der Waals surface area contributed by atoms with E-state index in [1.54, 1.807) is 90.6 Å². The first-order valence-electron chi connectivity index (χ1n) is 22.6. The highest BCUT2D eigenvalue weighted by Crippen LogP contribution is 2.39. The fourth-order valence-electron chi connectivity index (χ4n) is 9.30. The normalized spacial score (nSPS) is 17.8. The van der Waals surface area contributed by atoms with E-state index >= 15 is 0 Å². The van der Waals surface area contributed by atoms with Crippen LogP contribution in [0.5, 0.6) is 0 Å². The van der Waals surface area contributed by atoms with Gasteiger partial charge in [0.2, 0.25) is 0 Å². The summed E-state index contributed by atoms with van der Waals surface area (Å²) in [5, 5.41) is 19.7. The largest absolute Gasteiger partial charge is 0.419 e. The van der Waals surface area contributed by atoms with E-state index in [1.807, 2.05) is 34.1 Å². The van der Waals surface area contributed by atoms with E-state index in [2.05, 4.69) is 0 Å². The van der Waals surface area contributed by atoms with Crippen LogP contribution in [0.3, 0.4) is 0 Å².